The number of nitrogens with zero attached hydrogens (tertiary/aromatic N) is 5. The Labute approximate surface area is 174 Å². The summed E-state index contributed by atoms with van der Waals surface area (Å²) in [6.07, 6.45) is 2.90. The van der Waals surface area contributed by atoms with Gasteiger partial charge in [0, 0.05) is 50.1 Å². The molecule has 154 valence electrons. The second kappa shape index (κ2) is 8.67. The molecule has 3 N–H and O–H groups in total. The highest BCUT2D eigenvalue weighted by Gasteiger charge is 2.20. The molecular weight excluding hydrogens is 384 g/mol. The molecule has 1 aliphatic rings. The molecule has 0 atom stereocenters. The van der Waals surface area contributed by atoms with E-state index in [0.717, 1.165) is 43.1 Å². The maximum absolute atomic E-state index is 6.95. The van der Waals surface area contributed by atoms with Crippen molar-refractivity contribution in [3.63, 3.8) is 0 Å². The first-order valence-corrected chi connectivity index (χ1v) is 9.46. The van der Waals surface area contributed by atoms with Crippen LogP contribution >= 0.6 is 0 Å². The summed E-state index contributed by atoms with van der Waals surface area (Å²) >= 11 is 0. The fraction of sp³-hybridized carbons (Fsp3) is 0.300. The van der Waals surface area contributed by atoms with E-state index in [1.807, 2.05) is 18.2 Å². The van der Waals surface area contributed by atoms with Gasteiger partial charge in [-0.25, -0.2) is 4.98 Å². The molecule has 1 saturated heterocycles. The number of benzene rings is 1. The largest absolute Gasteiger partial charge is 0.496 e. The normalized spacial score (nSPS) is 13.6. The number of hydrogen-bond donors (Lipinski definition) is 3. The van der Waals surface area contributed by atoms with Gasteiger partial charge in [0.2, 0.25) is 0 Å². The first-order chi connectivity index (χ1) is 14.7. The van der Waals surface area contributed by atoms with Gasteiger partial charge >= 0.3 is 0 Å². The van der Waals surface area contributed by atoms with Crippen LogP contribution in [0.2, 0.25) is 0 Å². The van der Waals surface area contributed by atoms with Crippen LogP contribution in [0.1, 0.15) is 0 Å². The van der Waals surface area contributed by atoms with Crippen LogP contribution in [0.25, 0.3) is 16.1 Å². The van der Waals surface area contributed by atoms with Gasteiger partial charge in [0.25, 0.3) is 5.82 Å². The standard InChI is InChI=1S/C20H22N8O2/c1-21-18-11-24-19(12-23-18)25-17-10-14(26-27-17)20-15(29-2)8-13(9-16(20)30-3)28-6-4-22-5-7-28/h8-12,22H,4-7H2,2-3H3,(H2,24,25,26,27). The molecule has 0 aliphatic carbocycles. The molecular formula is C20H22N8O2. The Morgan fingerprint density at radius 1 is 1.03 bits per heavy atom. The van der Waals surface area contributed by atoms with Crippen molar-refractivity contribution in [2.24, 2.45) is 0 Å². The Morgan fingerprint density at radius 3 is 2.37 bits per heavy atom. The van der Waals surface area contributed by atoms with Crippen LogP contribution in [0.15, 0.2) is 30.6 Å². The van der Waals surface area contributed by atoms with Crippen molar-refractivity contribution in [2.75, 3.05) is 50.6 Å². The van der Waals surface area contributed by atoms with E-state index in [2.05, 4.69) is 40.5 Å². The van der Waals surface area contributed by atoms with Gasteiger partial charge in [-0.15, -0.1) is 4.98 Å². The number of piperazine rings is 1. The lowest BCUT2D eigenvalue weighted by atomic mass is 10.1. The van der Waals surface area contributed by atoms with Crippen molar-refractivity contribution >= 4 is 23.1 Å². The van der Waals surface area contributed by atoms with Gasteiger partial charge in [-0.05, 0) is 0 Å². The highest BCUT2D eigenvalue weighted by atomic mass is 16.5. The topological polar surface area (TPSA) is 105 Å². The summed E-state index contributed by atoms with van der Waals surface area (Å²) in [6, 6.07) is 5.88. The Hall–Kier alpha value is -3.84. The molecule has 0 bridgehead atoms. The van der Waals surface area contributed by atoms with Crippen molar-refractivity contribution in [1.82, 2.24) is 25.5 Å². The number of rotatable bonds is 6. The fourth-order valence-electron chi connectivity index (χ4n) is 3.36. The number of methoxy groups -OCH3 is 2. The van der Waals surface area contributed by atoms with Crippen LogP contribution in [-0.4, -0.2) is 60.6 Å². The summed E-state index contributed by atoms with van der Waals surface area (Å²) in [5.41, 5.74) is 2.58. The zero-order valence-electron chi connectivity index (χ0n) is 16.8. The maximum Gasteiger partial charge on any atom is 0.288 e. The quantitative estimate of drug-likeness (QED) is 0.537. The molecule has 0 radical (unpaired) electrons. The molecule has 1 fully saturated rings. The molecule has 1 aliphatic heterocycles. The first kappa shape index (κ1) is 19.5. The Balaban J connectivity index is 1.63. The molecule has 0 saturated carbocycles. The summed E-state index contributed by atoms with van der Waals surface area (Å²) in [5, 5.41) is 13.7. The number of aromatic amines is 1. The Bertz CT molecular complexity index is 1030. The molecule has 0 unspecified atom stereocenters. The van der Waals surface area contributed by atoms with E-state index in [0.29, 0.717) is 23.1 Å². The van der Waals surface area contributed by atoms with Gasteiger partial charge in [-0.3, -0.25) is 5.10 Å². The monoisotopic (exact) mass is 406 g/mol. The Morgan fingerprint density at radius 2 is 1.77 bits per heavy atom. The maximum atomic E-state index is 6.95. The minimum atomic E-state index is 0.238. The smallest absolute Gasteiger partial charge is 0.288 e. The summed E-state index contributed by atoms with van der Waals surface area (Å²) in [7, 11) is 3.29. The van der Waals surface area contributed by atoms with Gasteiger partial charge in [0.05, 0.1) is 31.7 Å². The molecule has 3 aromatic rings. The molecule has 0 amide bonds. The summed E-state index contributed by atoms with van der Waals surface area (Å²) in [4.78, 5) is 13.7. The van der Waals surface area contributed by atoms with Gasteiger partial charge in [-0.1, -0.05) is 6.57 Å². The predicted molar refractivity (Wildman–Crippen MR) is 114 cm³/mol. The van der Waals surface area contributed by atoms with E-state index in [4.69, 9.17) is 16.0 Å². The lowest BCUT2D eigenvalue weighted by Gasteiger charge is -2.30. The van der Waals surface area contributed by atoms with Crippen molar-refractivity contribution in [1.29, 1.82) is 0 Å². The minimum Gasteiger partial charge on any atom is -0.496 e. The van der Waals surface area contributed by atoms with Crippen LogP contribution < -0.4 is 25.0 Å². The van der Waals surface area contributed by atoms with E-state index in [1.54, 1.807) is 14.2 Å². The van der Waals surface area contributed by atoms with Crippen LogP contribution in [0, 0.1) is 6.57 Å². The molecule has 10 heteroatoms. The van der Waals surface area contributed by atoms with Gasteiger partial charge in [0.1, 0.15) is 11.5 Å². The molecule has 0 spiro atoms. The average Bonchev–Trinajstić information content (AvgIpc) is 3.27. The summed E-state index contributed by atoms with van der Waals surface area (Å²) in [6.45, 7) is 10.7. The molecule has 30 heavy (non-hydrogen) atoms. The highest BCUT2D eigenvalue weighted by molar-refractivity contribution is 5.80. The number of H-pyrrole nitrogens is 1. The van der Waals surface area contributed by atoms with Crippen molar-refractivity contribution in [2.45, 2.75) is 0 Å². The van der Waals surface area contributed by atoms with Gasteiger partial charge in [0.15, 0.2) is 17.8 Å². The van der Waals surface area contributed by atoms with E-state index in [1.165, 1.54) is 12.4 Å². The van der Waals surface area contributed by atoms with Crippen molar-refractivity contribution in [3.8, 4) is 22.8 Å². The number of ether oxygens (including phenoxy) is 2. The van der Waals surface area contributed by atoms with E-state index >= 15 is 0 Å². The fourth-order valence-corrected chi connectivity index (χ4v) is 3.36. The SMILES string of the molecule is [C-]#[N+]c1cnc(Nc2cc(-c3c(OC)cc(N4CCNCC4)cc3OC)[nH]n2)cn1. The third-order valence-corrected chi connectivity index (χ3v) is 4.83. The predicted octanol–water partition coefficient (Wildman–Crippen LogP) is 2.59. The molecule has 10 nitrogen and oxygen atoms in total. The number of aromatic nitrogens is 4. The molecule has 3 heterocycles. The zero-order valence-corrected chi connectivity index (χ0v) is 16.8. The van der Waals surface area contributed by atoms with Crippen LogP contribution in [0.3, 0.4) is 0 Å². The number of hydrogen-bond acceptors (Lipinski definition) is 8. The minimum absolute atomic E-state index is 0.238. The zero-order chi connectivity index (χ0) is 20.9. The molecule has 2 aromatic heterocycles. The third-order valence-electron chi connectivity index (χ3n) is 4.83. The van der Waals surface area contributed by atoms with Crippen LogP contribution in [0.4, 0.5) is 23.1 Å². The van der Waals surface area contributed by atoms with Gasteiger partial charge < -0.3 is 29.9 Å². The number of nitrogens with one attached hydrogen (secondary N) is 3. The van der Waals surface area contributed by atoms with Crippen molar-refractivity contribution in [3.05, 3.63) is 42.0 Å². The lowest BCUT2D eigenvalue weighted by molar-refractivity contribution is 0.397. The lowest BCUT2D eigenvalue weighted by Crippen LogP contribution is -2.43. The highest BCUT2D eigenvalue weighted by Crippen LogP contribution is 2.42. The van der Waals surface area contributed by atoms with E-state index < -0.39 is 0 Å². The summed E-state index contributed by atoms with van der Waals surface area (Å²) < 4.78 is 11.4. The second-order valence-electron chi connectivity index (χ2n) is 6.63. The molecule has 4 rings (SSSR count). The second-order valence-corrected chi connectivity index (χ2v) is 6.63. The number of anilines is 3. The van der Waals surface area contributed by atoms with Crippen molar-refractivity contribution < 1.29 is 9.47 Å². The first-order valence-electron chi connectivity index (χ1n) is 9.46. The third kappa shape index (κ3) is 3.97. The van der Waals surface area contributed by atoms with E-state index in [9.17, 15) is 0 Å². The van der Waals surface area contributed by atoms with Crippen LogP contribution in [-0.2, 0) is 0 Å². The van der Waals surface area contributed by atoms with Gasteiger partial charge in [-0.2, -0.15) is 5.10 Å². The van der Waals surface area contributed by atoms with Crippen LogP contribution in [0.5, 0.6) is 11.5 Å². The Kier molecular flexibility index (Phi) is 5.63. The summed E-state index contributed by atoms with van der Waals surface area (Å²) in [5.74, 6) is 2.68. The molecule has 1 aromatic carbocycles. The average molecular weight is 406 g/mol. The van der Waals surface area contributed by atoms with E-state index in [-0.39, 0.29) is 5.82 Å².